The first kappa shape index (κ1) is 20.2. The Morgan fingerprint density at radius 3 is 2.46 bits per heavy atom. The van der Waals surface area contributed by atoms with Gasteiger partial charge in [0.05, 0.1) is 17.9 Å². The third-order valence-electron chi connectivity index (χ3n) is 3.70. The zero-order valence-corrected chi connectivity index (χ0v) is 14.8. The van der Waals surface area contributed by atoms with Crippen molar-refractivity contribution in [3.63, 3.8) is 0 Å². The lowest BCUT2D eigenvalue weighted by Crippen LogP contribution is -2.43. The molecule has 1 aromatic carbocycles. The third-order valence-corrected chi connectivity index (χ3v) is 3.70. The molecule has 1 atom stereocenters. The Bertz CT molecular complexity index is 616. The van der Waals surface area contributed by atoms with Gasteiger partial charge in [-0.25, -0.2) is 4.98 Å². The summed E-state index contributed by atoms with van der Waals surface area (Å²) >= 11 is 0. The number of aromatic nitrogens is 1. The number of hydrogen-bond acceptors (Lipinski definition) is 4. The van der Waals surface area contributed by atoms with E-state index in [0.29, 0.717) is 0 Å². The molecule has 1 fully saturated rings. The zero-order valence-electron chi connectivity index (χ0n) is 13.2. The molecule has 130 valence electrons. The van der Waals surface area contributed by atoms with Gasteiger partial charge in [0.25, 0.3) is 0 Å². The number of pyridine rings is 1. The fourth-order valence-electron chi connectivity index (χ4n) is 2.52. The second-order valence-corrected chi connectivity index (χ2v) is 5.41. The molecule has 0 spiro atoms. The highest BCUT2D eigenvalue weighted by molar-refractivity contribution is 5.94. The molecular weight excluding hydrogens is 347 g/mol. The summed E-state index contributed by atoms with van der Waals surface area (Å²) in [5.74, 6) is 0.769. The molecule has 24 heavy (non-hydrogen) atoms. The van der Waals surface area contributed by atoms with Gasteiger partial charge in [0, 0.05) is 5.69 Å². The number of nitrogens with zero attached hydrogens (tertiary/aromatic N) is 1. The van der Waals surface area contributed by atoms with Gasteiger partial charge in [-0.1, -0.05) is 24.6 Å². The number of piperidine rings is 1. The van der Waals surface area contributed by atoms with E-state index < -0.39 is 0 Å². The van der Waals surface area contributed by atoms with Gasteiger partial charge in [0.15, 0.2) is 0 Å². The van der Waals surface area contributed by atoms with Gasteiger partial charge in [0.2, 0.25) is 5.91 Å². The Morgan fingerprint density at radius 1 is 1.04 bits per heavy atom. The van der Waals surface area contributed by atoms with Gasteiger partial charge in [-0.05, 0) is 43.7 Å². The number of para-hydroxylation sites is 1. The number of hydrogen-bond donors (Lipinski definition) is 3. The molecule has 0 unspecified atom stereocenters. The minimum Gasteiger partial charge on any atom is -0.340 e. The van der Waals surface area contributed by atoms with Crippen molar-refractivity contribution in [3.05, 3.63) is 48.7 Å². The number of benzene rings is 1. The SMILES string of the molecule is Cl.Cl.O=C(Nc1ccc(Nc2ccccc2)nc1)[C@H]1CCCCN1. The van der Waals surface area contributed by atoms with E-state index in [4.69, 9.17) is 0 Å². The normalized spacial score (nSPS) is 16.2. The van der Waals surface area contributed by atoms with E-state index in [1.165, 1.54) is 0 Å². The van der Waals surface area contributed by atoms with E-state index in [-0.39, 0.29) is 36.8 Å². The van der Waals surface area contributed by atoms with Crippen molar-refractivity contribution >= 4 is 47.9 Å². The van der Waals surface area contributed by atoms with Crippen molar-refractivity contribution in [2.24, 2.45) is 0 Å². The first-order valence-corrected chi connectivity index (χ1v) is 7.64. The molecule has 2 heterocycles. The molecule has 1 aliphatic heterocycles. The predicted octanol–water partition coefficient (Wildman–Crippen LogP) is 3.75. The minimum atomic E-state index is -0.0872. The lowest BCUT2D eigenvalue weighted by molar-refractivity contribution is -0.118. The van der Waals surface area contributed by atoms with E-state index >= 15 is 0 Å². The van der Waals surface area contributed by atoms with Crippen LogP contribution in [0.4, 0.5) is 17.2 Å². The van der Waals surface area contributed by atoms with Crippen LogP contribution in [-0.4, -0.2) is 23.5 Å². The van der Waals surface area contributed by atoms with E-state index in [2.05, 4.69) is 20.9 Å². The molecule has 0 aliphatic carbocycles. The van der Waals surface area contributed by atoms with Crippen LogP contribution < -0.4 is 16.0 Å². The van der Waals surface area contributed by atoms with Crippen LogP contribution in [-0.2, 0) is 4.79 Å². The van der Waals surface area contributed by atoms with Crippen molar-refractivity contribution < 1.29 is 4.79 Å². The number of amides is 1. The number of anilines is 3. The highest BCUT2D eigenvalue weighted by Crippen LogP contribution is 2.16. The van der Waals surface area contributed by atoms with Crippen molar-refractivity contribution in [3.8, 4) is 0 Å². The zero-order chi connectivity index (χ0) is 15.2. The summed E-state index contributed by atoms with van der Waals surface area (Å²) in [6, 6.07) is 13.5. The molecule has 3 N–H and O–H groups in total. The number of carbonyl (C=O) groups excluding carboxylic acids is 1. The maximum absolute atomic E-state index is 12.1. The van der Waals surface area contributed by atoms with Crippen LogP contribution >= 0.6 is 24.8 Å². The lowest BCUT2D eigenvalue weighted by atomic mass is 10.0. The quantitative estimate of drug-likeness (QED) is 0.768. The van der Waals surface area contributed by atoms with Crippen LogP contribution in [0.15, 0.2) is 48.7 Å². The fourth-order valence-corrected chi connectivity index (χ4v) is 2.52. The molecule has 5 nitrogen and oxygen atoms in total. The molecule has 1 aromatic heterocycles. The smallest absolute Gasteiger partial charge is 0.241 e. The number of nitrogens with one attached hydrogen (secondary N) is 3. The van der Waals surface area contributed by atoms with Crippen LogP contribution in [0.3, 0.4) is 0 Å². The monoisotopic (exact) mass is 368 g/mol. The van der Waals surface area contributed by atoms with Crippen LogP contribution in [0.1, 0.15) is 19.3 Å². The summed E-state index contributed by atoms with van der Waals surface area (Å²) in [6.45, 7) is 0.913. The number of carbonyl (C=O) groups is 1. The van der Waals surface area contributed by atoms with Gasteiger partial charge in [-0.3, -0.25) is 4.79 Å². The summed E-state index contributed by atoms with van der Waals surface area (Å²) < 4.78 is 0. The fraction of sp³-hybridized carbons (Fsp3) is 0.294. The van der Waals surface area contributed by atoms with Crippen molar-refractivity contribution in [2.45, 2.75) is 25.3 Å². The van der Waals surface area contributed by atoms with Gasteiger partial charge < -0.3 is 16.0 Å². The van der Waals surface area contributed by atoms with Crippen molar-refractivity contribution in [1.29, 1.82) is 0 Å². The first-order chi connectivity index (χ1) is 10.8. The highest BCUT2D eigenvalue weighted by Gasteiger charge is 2.20. The number of halogens is 2. The second kappa shape index (κ2) is 10.1. The van der Waals surface area contributed by atoms with Gasteiger partial charge in [-0.2, -0.15) is 0 Å². The van der Waals surface area contributed by atoms with E-state index in [1.54, 1.807) is 6.20 Å². The van der Waals surface area contributed by atoms with Crippen LogP contribution in [0.2, 0.25) is 0 Å². The molecule has 0 bridgehead atoms. The Morgan fingerprint density at radius 2 is 1.83 bits per heavy atom. The molecule has 0 radical (unpaired) electrons. The highest BCUT2D eigenvalue weighted by atomic mass is 35.5. The third kappa shape index (κ3) is 5.67. The Balaban J connectivity index is 0.00000144. The summed E-state index contributed by atoms with van der Waals surface area (Å²) in [6.07, 6.45) is 4.81. The largest absolute Gasteiger partial charge is 0.340 e. The van der Waals surface area contributed by atoms with E-state index in [0.717, 1.165) is 43.0 Å². The Hall–Kier alpha value is -1.82. The summed E-state index contributed by atoms with van der Waals surface area (Å²) in [7, 11) is 0. The maximum Gasteiger partial charge on any atom is 0.241 e. The summed E-state index contributed by atoms with van der Waals surface area (Å²) in [5.41, 5.74) is 1.70. The van der Waals surface area contributed by atoms with Crippen molar-refractivity contribution in [1.82, 2.24) is 10.3 Å². The topological polar surface area (TPSA) is 66.0 Å². The van der Waals surface area contributed by atoms with Crippen LogP contribution in [0, 0.1) is 0 Å². The second-order valence-electron chi connectivity index (χ2n) is 5.41. The van der Waals surface area contributed by atoms with Gasteiger partial charge >= 0.3 is 0 Å². The summed E-state index contributed by atoms with van der Waals surface area (Å²) in [5, 5.41) is 9.36. The minimum absolute atomic E-state index is 0. The van der Waals surface area contributed by atoms with Crippen molar-refractivity contribution in [2.75, 3.05) is 17.2 Å². The first-order valence-electron chi connectivity index (χ1n) is 7.64. The molecule has 1 aliphatic rings. The maximum atomic E-state index is 12.1. The summed E-state index contributed by atoms with van der Waals surface area (Å²) in [4.78, 5) is 16.5. The predicted molar refractivity (Wildman–Crippen MR) is 103 cm³/mol. The van der Waals surface area contributed by atoms with Gasteiger partial charge in [-0.15, -0.1) is 24.8 Å². The molecule has 0 saturated carbocycles. The van der Waals surface area contributed by atoms with E-state index in [9.17, 15) is 4.79 Å². The Labute approximate surface area is 154 Å². The van der Waals surface area contributed by atoms with E-state index in [1.807, 2.05) is 42.5 Å². The Kier molecular flexibility index (Phi) is 8.54. The van der Waals surface area contributed by atoms with Gasteiger partial charge in [0.1, 0.15) is 5.82 Å². The van der Waals surface area contributed by atoms with Crippen LogP contribution in [0.5, 0.6) is 0 Å². The molecular formula is C17H22Cl2N4O. The average Bonchev–Trinajstić information content (AvgIpc) is 2.58. The molecule has 1 saturated heterocycles. The molecule has 7 heteroatoms. The molecule has 1 amide bonds. The number of rotatable bonds is 4. The van der Waals surface area contributed by atoms with Crippen LogP contribution in [0.25, 0.3) is 0 Å². The lowest BCUT2D eigenvalue weighted by Gasteiger charge is -2.22. The standard InChI is InChI=1S/C17H20N4O.2ClH/c22-17(15-8-4-5-11-18-15)21-14-9-10-16(19-12-14)20-13-6-2-1-3-7-13;;/h1-3,6-7,9-10,12,15,18H,4-5,8,11H2,(H,19,20)(H,21,22);2*1H/t15-;;/m1../s1. The average molecular weight is 369 g/mol. The molecule has 3 rings (SSSR count). The molecule has 2 aromatic rings.